The van der Waals surface area contributed by atoms with Crippen LogP contribution in [-0.4, -0.2) is 27.8 Å². The topological polar surface area (TPSA) is 66.8 Å². The molecule has 1 unspecified atom stereocenters. The summed E-state index contributed by atoms with van der Waals surface area (Å²) in [4.78, 5) is 23.0. The number of benzene rings is 2. The number of nitrogens with one attached hydrogen (secondary N) is 1. The number of carbonyl (C=O) groups excluding carboxylic acids is 1. The summed E-state index contributed by atoms with van der Waals surface area (Å²) in [5.41, 5.74) is -3.02. The quantitative estimate of drug-likeness (QED) is 0.276. The lowest BCUT2D eigenvalue weighted by atomic mass is 9.89. The minimum absolute atomic E-state index is 0.0421. The van der Waals surface area contributed by atoms with Gasteiger partial charge >= 0.3 is 6.18 Å². The van der Waals surface area contributed by atoms with Crippen LogP contribution < -0.4 is 5.32 Å². The van der Waals surface area contributed by atoms with E-state index in [1.165, 1.54) is 17.2 Å². The molecule has 5 rings (SSSR count). The first-order valence-corrected chi connectivity index (χ1v) is 12.2. The van der Waals surface area contributed by atoms with Crippen LogP contribution in [0.2, 0.25) is 10.0 Å². The number of alkyl halides is 3. The van der Waals surface area contributed by atoms with Crippen LogP contribution in [0.15, 0.2) is 41.7 Å². The summed E-state index contributed by atoms with van der Waals surface area (Å²) in [5.74, 6) is -5.38. The molecular formula is C25H15Cl2F7N4O2. The Hall–Kier alpha value is -3.58. The van der Waals surface area contributed by atoms with Crippen molar-refractivity contribution >= 4 is 34.9 Å². The third-order valence-electron chi connectivity index (χ3n) is 6.56. The Bertz CT molecular complexity index is 1520. The Morgan fingerprint density at radius 3 is 2.25 bits per heavy atom. The van der Waals surface area contributed by atoms with E-state index >= 15 is 0 Å². The number of amides is 1. The van der Waals surface area contributed by atoms with Crippen LogP contribution in [0.3, 0.4) is 0 Å². The van der Waals surface area contributed by atoms with Crippen LogP contribution in [0, 0.1) is 23.3 Å². The van der Waals surface area contributed by atoms with Gasteiger partial charge < -0.3 is 15.1 Å². The summed E-state index contributed by atoms with van der Waals surface area (Å²) < 4.78 is 97.5. The van der Waals surface area contributed by atoms with Crippen LogP contribution in [0.5, 0.6) is 0 Å². The van der Waals surface area contributed by atoms with Gasteiger partial charge in [0.05, 0.1) is 16.5 Å². The first-order valence-electron chi connectivity index (χ1n) is 11.4. The highest BCUT2D eigenvalue weighted by atomic mass is 35.5. The molecule has 0 spiro atoms. The van der Waals surface area contributed by atoms with Gasteiger partial charge in [-0.2, -0.15) is 13.2 Å². The van der Waals surface area contributed by atoms with Crippen LogP contribution in [0.25, 0.3) is 0 Å². The van der Waals surface area contributed by atoms with E-state index in [1.807, 2.05) is 0 Å². The van der Waals surface area contributed by atoms with E-state index in [9.17, 15) is 35.5 Å². The zero-order valence-electron chi connectivity index (χ0n) is 19.9. The van der Waals surface area contributed by atoms with Crippen molar-refractivity contribution in [2.75, 3.05) is 0 Å². The summed E-state index contributed by atoms with van der Waals surface area (Å²) in [6.45, 7) is -0.440. The smallest absolute Gasteiger partial charge is 0.372 e. The largest absolute Gasteiger partial charge is 0.435 e. The fraction of sp³-hybridized carbons (Fsp3) is 0.240. The van der Waals surface area contributed by atoms with Gasteiger partial charge in [-0.15, -0.1) is 0 Å². The van der Waals surface area contributed by atoms with Gasteiger partial charge in [-0.3, -0.25) is 9.78 Å². The van der Waals surface area contributed by atoms with Gasteiger partial charge in [-0.05, 0) is 29.3 Å². The van der Waals surface area contributed by atoms with Gasteiger partial charge in [-0.1, -0.05) is 28.4 Å². The second-order valence-corrected chi connectivity index (χ2v) is 9.89. The van der Waals surface area contributed by atoms with Crippen LogP contribution in [0.4, 0.5) is 30.7 Å². The van der Waals surface area contributed by atoms with Crippen molar-refractivity contribution in [2.45, 2.75) is 37.8 Å². The number of rotatable bonds is 4. The van der Waals surface area contributed by atoms with Crippen molar-refractivity contribution in [2.24, 2.45) is 5.16 Å². The minimum atomic E-state index is -4.98. The van der Waals surface area contributed by atoms with Gasteiger partial charge in [0.15, 0.2) is 5.82 Å². The molecule has 210 valence electrons. The molecule has 0 saturated heterocycles. The molecule has 15 heteroatoms. The highest BCUT2D eigenvalue weighted by Gasteiger charge is 2.63. The second-order valence-electron chi connectivity index (χ2n) is 9.08. The Balaban J connectivity index is 1.31. The Morgan fingerprint density at radius 1 is 1.00 bits per heavy atom. The average molecular weight is 607 g/mol. The molecule has 0 radical (unpaired) electrons. The van der Waals surface area contributed by atoms with Gasteiger partial charge in [0.25, 0.3) is 11.5 Å². The molecular weight excluding hydrogens is 592 g/mol. The van der Waals surface area contributed by atoms with Crippen molar-refractivity contribution < 1.29 is 40.4 Å². The van der Waals surface area contributed by atoms with Crippen molar-refractivity contribution in [3.8, 4) is 0 Å². The zero-order chi connectivity index (χ0) is 29.0. The lowest BCUT2D eigenvalue weighted by molar-refractivity contribution is -0.275. The van der Waals surface area contributed by atoms with Crippen LogP contribution in [-0.2, 0) is 30.1 Å². The standard InChI is InChI=1S/C25H15Cl2F7N4O2/c26-16-2-13(3-17(27)22(16)31)24(25(32,33)34)6-21(37-40-24)38-9-11-1-20(35-7-12(11)10-38)23(39)36-8-15-18(29)4-14(28)5-19(15)30/h1-5,7H,6,8-10H2,(H,36,39). The Kier molecular flexibility index (Phi) is 7.07. The Labute approximate surface area is 231 Å². The fourth-order valence-electron chi connectivity index (χ4n) is 4.44. The fourth-order valence-corrected chi connectivity index (χ4v) is 4.92. The molecule has 1 atom stereocenters. The monoisotopic (exact) mass is 606 g/mol. The zero-order valence-corrected chi connectivity index (χ0v) is 21.4. The molecule has 2 aliphatic rings. The molecule has 40 heavy (non-hydrogen) atoms. The number of aromatic nitrogens is 1. The summed E-state index contributed by atoms with van der Waals surface area (Å²) in [5, 5.41) is 4.74. The first kappa shape index (κ1) is 28.0. The predicted octanol–water partition coefficient (Wildman–Crippen LogP) is 6.38. The number of oxime groups is 1. The Morgan fingerprint density at radius 2 is 1.62 bits per heavy atom. The molecule has 3 heterocycles. The molecule has 6 nitrogen and oxygen atoms in total. The molecule has 0 saturated carbocycles. The van der Waals surface area contributed by atoms with Crippen molar-refractivity contribution in [1.82, 2.24) is 15.2 Å². The maximum absolute atomic E-state index is 14.3. The normalized spacial score (nSPS) is 18.4. The van der Waals surface area contributed by atoms with Gasteiger partial charge in [0.1, 0.15) is 29.0 Å². The highest BCUT2D eigenvalue weighted by molar-refractivity contribution is 6.35. The maximum atomic E-state index is 14.3. The third kappa shape index (κ3) is 4.92. The lowest BCUT2D eigenvalue weighted by Gasteiger charge is -2.30. The summed E-state index contributed by atoms with van der Waals surface area (Å²) in [6.07, 6.45) is -4.40. The van der Waals surface area contributed by atoms with E-state index in [0.717, 1.165) is 12.1 Å². The molecule has 1 aromatic heterocycles. The number of hydrogen-bond donors (Lipinski definition) is 1. The maximum Gasteiger partial charge on any atom is 0.435 e. The first-order chi connectivity index (χ1) is 18.8. The van der Waals surface area contributed by atoms with E-state index in [2.05, 4.69) is 15.5 Å². The number of halogens is 9. The molecule has 2 aromatic carbocycles. The van der Waals surface area contributed by atoms with Crippen molar-refractivity contribution in [3.63, 3.8) is 0 Å². The van der Waals surface area contributed by atoms with Crippen molar-refractivity contribution in [3.05, 3.63) is 97.8 Å². The second kappa shape index (κ2) is 10.1. The number of hydrogen-bond acceptors (Lipinski definition) is 5. The summed E-state index contributed by atoms with van der Waals surface area (Å²) >= 11 is 11.5. The highest BCUT2D eigenvalue weighted by Crippen LogP contribution is 2.50. The summed E-state index contributed by atoms with van der Waals surface area (Å²) in [7, 11) is 0. The minimum Gasteiger partial charge on any atom is -0.372 e. The van der Waals surface area contributed by atoms with Crippen LogP contribution in [0.1, 0.15) is 39.2 Å². The van der Waals surface area contributed by atoms with Crippen LogP contribution >= 0.6 is 23.2 Å². The number of pyridine rings is 1. The average Bonchev–Trinajstić information content (AvgIpc) is 3.51. The third-order valence-corrected chi connectivity index (χ3v) is 7.11. The molecule has 1 amide bonds. The molecule has 0 aliphatic carbocycles. The SMILES string of the molecule is O=C(NCc1c(F)cc(F)cc1F)c1cc2c(cn1)CN(C1=NOC(c3cc(Cl)c(F)c(Cl)c3)(C(F)(F)F)C1)C2. The molecule has 0 fully saturated rings. The summed E-state index contributed by atoms with van der Waals surface area (Å²) in [6, 6.07) is 3.91. The number of carbonyl (C=O) groups is 1. The predicted molar refractivity (Wildman–Crippen MR) is 128 cm³/mol. The van der Waals surface area contributed by atoms with E-state index in [4.69, 9.17) is 28.0 Å². The van der Waals surface area contributed by atoms with E-state index in [0.29, 0.717) is 23.3 Å². The van der Waals surface area contributed by atoms with Crippen molar-refractivity contribution in [1.29, 1.82) is 0 Å². The van der Waals surface area contributed by atoms with E-state index in [1.54, 1.807) is 0 Å². The van der Waals surface area contributed by atoms with E-state index in [-0.39, 0.29) is 24.6 Å². The molecule has 1 N–H and O–H groups in total. The molecule has 2 aliphatic heterocycles. The lowest BCUT2D eigenvalue weighted by Crippen LogP contribution is -2.44. The van der Waals surface area contributed by atoms with Gasteiger partial charge in [-0.25, -0.2) is 17.6 Å². The van der Waals surface area contributed by atoms with E-state index < -0.39 is 75.1 Å². The van der Waals surface area contributed by atoms with Gasteiger partial charge in [0, 0.05) is 49.1 Å². The number of nitrogens with zero attached hydrogens (tertiary/aromatic N) is 3. The number of fused-ring (bicyclic) bond motifs is 1. The number of amidine groups is 1. The molecule has 3 aromatic rings. The van der Waals surface area contributed by atoms with Gasteiger partial charge in [0.2, 0.25) is 0 Å². The molecule has 0 bridgehead atoms.